The van der Waals surface area contributed by atoms with E-state index in [1.807, 2.05) is 6.07 Å². The summed E-state index contributed by atoms with van der Waals surface area (Å²) in [6.45, 7) is 3.71. The van der Waals surface area contributed by atoms with Crippen molar-refractivity contribution in [3.05, 3.63) is 24.0 Å². The highest BCUT2D eigenvalue weighted by atomic mass is 16.5. The van der Waals surface area contributed by atoms with Crippen molar-refractivity contribution in [1.29, 1.82) is 0 Å². The predicted molar refractivity (Wildman–Crippen MR) is 60.9 cm³/mol. The number of pyridine rings is 1. The molecule has 0 bridgehead atoms. The minimum Gasteiger partial charge on any atom is -0.482 e. The van der Waals surface area contributed by atoms with Gasteiger partial charge in [0, 0.05) is 6.54 Å². The van der Waals surface area contributed by atoms with Crippen LogP contribution in [0.25, 0.3) is 0 Å². The first-order chi connectivity index (χ1) is 7.72. The van der Waals surface area contributed by atoms with E-state index in [9.17, 15) is 4.79 Å². The van der Waals surface area contributed by atoms with Gasteiger partial charge in [0.2, 0.25) is 0 Å². The van der Waals surface area contributed by atoms with Gasteiger partial charge in [-0.2, -0.15) is 0 Å². The van der Waals surface area contributed by atoms with Crippen LogP contribution in [0.1, 0.15) is 19.0 Å². The molecule has 1 rings (SSSR count). The molecule has 88 valence electrons. The lowest BCUT2D eigenvalue weighted by molar-refractivity contribution is -0.119. The molecule has 0 atom stereocenters. The topological polar surface area (TPSA) is 77.2 Å². The number of nitrogens with zero attached hydrogens (tertiary/aromatic N) is 1. The Labute approximate surface area is 95.0 Å². The van der Waals surface area contributed by atoms with E-state index in [1.165, 1.54) is 0 Å². The van der Waals surface area contributed by atoms with Gasteiger partial charge in [0.05, 0.1) is 11.9 Å². The van der Waals surface area contributed by atoms with Gasteiger partial charge < -0.3 is 15.8 Å². The zero-order valence-electron chi connectivity index (χ0n) is 9.40. The summed E-state index contributed by atoms with van der Waals surface area (Å²) in [5.74, 6) is 0.0618. The molecule has 0 aliphatic carbocycles. The number of carbonyl (C=O) groups is 1. The Bertz CT molecular complexity index is 325. The van der Waals surface area contributed by atoms with Crippen molar-refractivity contribution in [2.24, 2.45) is 5.73 Å². The number of amides is 1. The smallest absolute Gasteiger partial charge is 0.255 e. The molecule has 1 aromatic heterocycles. The van der Waals surface area contributed by atoms with Crippen molar-refractivity contribution in [2.45, 2.75) is 19.9 Å². The Morgan fingerprint density at radius 3 is 2.94 bits per heavy atom. The molecule has 1 heterocycles. The lowest BCUT2D eigenvalue weighted by Crippen LogP contribution is -2.20. The molecule has 1 aromatic rings. The van der Waals surface area contributed by atoms with Crippen molar-refractivity contribution >= 4 is 5.91 Å². The number of aromatic nitrogens is 1. The van der Waals surface area contributed by atoms with Crippen LogP contribution < -0.4 is 15.8 Å². The van der Waals surface area contributed by atoms with Gasteiger partial charge in [-0.25, -0.2) is 0 Å². The van der Waals surface area contributed by atoms with E-state index >= 15 is 0 Å². The minimum atomic E-state index is -0.492. The minimum absolute atomic E-state index is 0.116. The third-order valence-electron chi connectivity index (χ3n) is 1.91. The summed E-state index contributed by atoms with van der Waals surface area (Å²) in [6, 6.07) is 3.64. The highest BCUT2D eigenvalue weighted by Gasteiger charge is 1.98. The van der Waals surface area contributed by atoms with Gasteiger partial charge in [-0.3, -0.25) is 9.78 Å². The first kappa shape index (κ1) is 12.4. The fourth-order valence-corrected chi connectivity index (χ4v) is 1.15. The highest BCUT2D eigenvalue weighted by Crippen LogP contribution is 2.08. The lowest BCUT2D eigenvalue weighted by atomic mass is 10.3. The molecule has 5 nitrogen and oxygen atoms in total. The number of primary amides is 1. The van der Waals surface area contributed by atoms with Gasteiger partial charge in [-0.15, -0.1) is 0 Å². The van der Waals surface area contributed by atoms with Crippen LogP contribution in [0.15, 0.2) is 18.3 Å². The summed E-state index contributed by atoms with van der Waals surface area (Å²) >= 11 is 0. The molecule has 5 heteroatoms. The molecule has 0 spiro atoms. The van der Waals surface area contributed by atoms with E-state index < -0.39 is 5.91 Å². The summed E-state index contributed by atoms with van der Waals surface area (Å²) in [5.41, 5.74) is 5.90. The fourth-order valence-electron chi connectivity index (χ4n) is 1.15. The normalized spacial score (nSPS) is 10.1. The highest BCUT2D eigenvalue weighted by molar-refractivity contribution is 5.75. The van der Waals surface area contributed by atoms with Crippen molar-refractivity contribution in [1.82, 2.24) is 10.3 Å². The summed E-state index contributed by atoms with van der Waals surface area (Å²) in [4.78, 5) is 14.7. The monoisotopic (exact) mass is 223 g/mol. The molecule has 0 radical (unpaired) electrons. The van der Waals surface area contributed by atoms with Crippen LogP contribution in [0.3, 0.4) is 0 Å². The summed E-state index contributed by atoms with van der Waals surface area (Å²) in [6.07, 6.45) is 2.69. The first-order valence-electron chi connectivity index (χ1n) is 5.29. The second kappa shape index (κ2) is 6.79. The molecule has 0 saturated carbocycles. The molecule has 3 N–H and O–H groups in total. The van der Waals surface area contributed by atoms with Crippen molar-refractivity contribution in [3.63, 3.8) is 0 Å². The third-order valence-corrected chi connectivity index (χ3v) is 1.91. The maximum absolute atomic E-state index is 10.5. The fraction of sp³-hybridized carbons (Fsp3) is 0.455. The Kier molecular flexibility index (Phi) is 5.28. The quantitative estimate of drug-likeness (QED) is 0.658. The standard InChI is InChI=1S/C11H17N3O2/c1-2-5-13-6-9-3-4-10(7-14-9)16-8-11(12)15/h3-4,7,13H,2,5-6,8H2,1H3,(H2,12,15). The third kappa shape index (κ3) is 4.75. The SMILES string of the molecule is CCCNCc1ccc(OCC(N)=O)cn1. The van der Waals surface area contributed by atoms with E-state index in [-0.39, 0.29) is 6.61 Å². The number of nitrogens with one attached hydrogen (secondary N) is 1. The molecule has 0 aliphatic rings. The Morgan fingerprint density at radius 2 is 2.38 bits per heavy atom. The van der Waals surface area contributed by atoms with Gasteiger partial charge in [-0.1, -0.05) is 6.92 Å². The lowest BCUT2D eigenvalue weighted by Gasteiger charge is -2.05. The number of hydrogen-bond acceptors (Lipinski definition) is 4. The summed E-state index contributed by atoms with van der Waals surface area (Å²) < 4.78 is 5.09. The maximum Gasteiger partial charge on any atom is 0.255 e. The summed E-state index contributed by atoms with van der Waals surface area (Å²) in [7, 11) is 0. The molecular weight excluding hydrogens is 206 g/mol. The average Bonchev–Trinajstić information content (AvgIpc) is 2.28. The van der Waals surface area contributed by atoms with Crippen LogP contribution in [-0.4, -0.2) is 24.0 Å². The van der Waals surface area contributed by atoms with Crippen LogP contribution >= 0.6 is 0 Å². The van der Waals surface area contributed by atoms with E-state index in [0.29, 0.717) is 5.75 Å². The van der Waals surface area contributed by atoms with Crippen molar-refractivity contribution in [2.75, 3.05) is 13.2 Å². The Morgan fingerprint density at radius 1 is 1.56 bits per heavy atom. The number of hydrogen-bond donors (Lipinski definition) is 2. The predicted octanol–water partition coefficient (Wildman–Crippen LogP) is 0.445. The van der Waals surface area contributed by atoms with Crippen molar-refractivity contribution in [3.8, 4) is 5.75 Å². The van der Waals surface area contributed by atoms with E-state index in [1.54, 1.807) is 12.3 Å². The first-order valence-corrected chi connectivity index (χ1v) is 5.29. The Hall–Kier alpha value is -1.62. The van der Waals surface area contributed by atoms with Crippen LogP contribution in [0.5, 0.6) is 5.75 Å². The van der Waals surface area contributed by atoms with Gasteiger partial charge in [0.25, 0.3) is 5.91 Å². The molecule has 0 aromatic carbocycles. The number of carbonyl (C=O) groups excluding carboxylic acids is 1. The molecule has 1 amide bonds. The Balaban J connectivity index is 2.38. The largest absolute Gasteiger partial charge is 0.482 e. The molecule has 0 aliphatic heterocycles. The van der Waals surface area contributed by atoms with E-state index in [4.69, 9.17) is 10.5 Å². The van der Waals surface area contributed by atoms with E-state index in [2.05, 4.69) is 17.2 Å². The van der Waals surface area contributed by atoms with Crippen LogP contribution in [-0.2, 0) is 11.3 Å². The number of nitrogens with two attached hydrogens (primary N) is 1. The average molecular weight is 223 g/mol. The molecule has 16 heavy (non-hydrogen) atoms. The number of rotatable bonds is 7. The van der Waals surface area contributed by atoms with Gasteiger partial charge in [0.1, 0.15) is 5.75 Å². The molecule has 0 unspecified atom stereocenters. The zero-order valence-corrected chi connectivity index (χ0v) is 9.40. The van der Waals surface area contributed by atoms with Crippen LogP contribution in [0.4, 0.5) is 0 Å². The zero-order chi connectivity index (χ0) is 11.8. The second-order valence-corrected chi connectivity index (χ2v) is 3.42. The van der Waals surface area contributed by atoms with Crippen LogP contribution in [0, 0.1) is 0 Å². The molecule has 0 fully saturated rings. The molecule has 0 saturated heterocycles. The second-order valence-electron chi connectivity index (χ2n) is 3.42. The maximum atomic E-state index is 10.5. The van der Waals surface area contributed by atoms with Crippen LogP contribution in [0.2, 0.25) is 0 Å². The van der Waals surface area contributed by atoms with Gasteiger partial charge >= 0.3 is 0 Å². The van der Waals surface area contributed by atoms with E-state index in [0.717, 1.165) is 25.2 Å². The summed E-state index contributed by atoms with van der Waals surface area (Å²) in [5, 5.41) is 3.24. The van der Waals surface area contributed by atoms with Gasteiger partial charge in [-0.05, 0) is 25.1 Å². The number of ether oxygens (including phenoxy) is 1. The van der Waals surface area contributed by atoms with Gasteiger partial charge in [0.15, 0.2) is 6.61 Å². The van der Waals surface area contributed by atoms with Crippen molar-refractivity contribution < 1.29 is 9.53 Å². The molecular formula is C11H17N3O2.